The molecule has 2 heterocycles. The molecule has 3 rings (SSSR count). The molecule has 21 heavy (non-hydrogen) atoms. The first-order chi connectivity index (χ1) is 10.1. The highest BCUT2D eigenvalue weighted by molar-refractivity contribution is 5.64. The summed E-state index contributed by atoms with van der Waals surface area (Å²) in [4.78, 5) is 5.71. The van der Waals surface area contributed by atoms with E-state index >= 15 is 0 Å². The molecule has 5 nitrogen and oxygen atoms in total. The first-order valence-corrected chi connectivity index (χ1v) is 6.61. The lowest BCUT2D eigenvalue weighted by atomic mass is 9.90. The Morgan fingerprint density at radius 1 is 1.52 bits per heavy atom. The lowest BCUT2D eigenvalue weighted by molar-refractivity contribution is 0.00317. The number of hydrogen-bond acceptors (Lipinski definition) is 4. The summed E-state index contributed by atoms with van der Waals surface area (Å²) in [6.07, 6.45) is 8.35. The number of nitrogens with zero attached hydrogens (tertiary/aromatic N) is 4. The van der Waals surface area contributed by atoms with E-state index in [9.17, 15) is 9.50 Å². The van der Waals surface area contributed by atoms with Gasteiger partial charge < -0.3 is 10.0 Å². The van der Waals surface area contributed by atoms with Crippen LogP contribution in [-0.4, -0.2) is 32.5 Å². The fourth-order valence-corrected chi connectivity index (χ4v) is 2.90. The summed E-state index contributed by atoms with van der Waals surface area (Å²) in [5, 5.41) is 15.2. The number of anilines is 1. The topological polar surface area (TPSA) is 54.2 Å². The van der Waals surface area contributed by atoms with E-state index in [2.05, 4.69) is 16.0 Å². The summed E-state index contributed by atoms with van der Waals surface area (Å²) in [7, 11) is 0. The van der Waals surface area contributed by atoms with Gasteiger partial charge in [0.25, 0.3) is 0 Å². The highest BCUT2D eigenvalue weighted by Crippen LogP contribution is 2.44. The molecule has 6 heteroatoms. The van der Waals surface area contributed by atoms with E-state index in [0.717, 1.165) is 0 Å². The van der Waals surface area contributed by atoms with Gasteiger partial charge in [-0.2, -0.15) is 5.10 Å². The van der Waals surface area contributed by atoms with Gasteiger partial charge in [-0.1, -0.05) is 12.0 Å². The summed E-state index contributed by atoms with van der Waals surface area (Å²) >= 11 is 0. The molecular weight excluding hydrogens is 271 g/mol. The standard InChI is InChI=1S/C15H15FN4O/c1-3-6-20-11(2)15(21,8-19-10-17-9-18-19)13-5-4-12(16)7-14(13)20/h1,4-5,7,9-11,21H,6,8H2,2H3/t11-,15-/m1/s1. The minimum absolute atomic E-state index is 0.230. The smallest absolute Gasteiger partial charge is 0.137 e. The van der Waals surface area contributed by atoms with Gasteiger partial charge in [0.15, 0.2) is 0 Å². The maximum Gasteiger partial charge on any atom is 0.137 e. The van der Waals surface area contributed by atoms with Crippen LogP contribution >= 0.6 is 0 Å². The Kier molecular flexibility index (Phi) is 3.15. The van der Waals surface area contributed by atoms with Gasteiger partial charge in [0, 0.05) is 11.3 Å². The monoisotopic (exact) mass is 286 g/mol. The van der Waals surface area contributed by atoms with Crippen LogP contribution in [0.4, 0.5) is 10.1 Å². The maximum absolute atomic E-state index is 13.5. The zero-order valence-corrected chi connectivity index (χ0v) is 11.6. The number of fused-ring (bicyclic) bond motifs is 1. The first kappa shape index (κ1) is 13.6. The van der Waals surface area contributed by atoms with Crippen molar-refractivity contribution in [2.75, 3.05) is 11.4 Å². The van der Waals surface area contributed by atoms with Crippen molar-refractivity contribution in [2.24, 2.45) is 0 Å². The average Bonchev–Trinajstić information content (AvgIpc) is 3.01. The van der Waals surface area contributed by atoms with Crippen molar-refractivity contribution in [1.82, 2.24) is 14.8 Å². The number of aromatic nitrogens is 3. The minimum atomic E-state index is -1.20. The Balaban J connectivity index is 2.08. The Labute approximate surface area is 122 Å². The number of halogens is 1. The van der Waals surface area contributed by atoms with Gasteiger partial charge >= 0.3 is 0 Å². The van der Waals surface area contributed by atoms with Crippen molar-refractivity contribution < 1.29 is 9.50 Å². The summed E-state index contributed by atoms with van der Waals surface area (Å²) in [5.41, 5.74) is 0.0818. The third kappa shape index (κ3) is 2.06. The van der Waals surface area contributed by atoms with Crippen molar-refractivity contribution >= 4 is 5.69 Å². The molecule has 2 atom stereocenters. The van der Waals surface area contributed by atoms with Crippen LogP contribution in [0.15, 0.2) is 30.9 Å². The van der Waals surface area contributed by atoms with Crippen molar-refractivity contribution in [3.8, 4) is 12.3 Å². The van der Waals surface area contributed by atoms with Crippen molar-refractivity contribution in [3.05, 3.63) is 42.2 Å². The van der Waals surface area contributed by atoms with Crippen molar-refractivity contribution in [2.45, 2.75) is 25.1 Å². The molecule has 1 aromatic carbocycles. The third-order valence-electron chi connectivity index (χ3n) is 4.03. The van der Waals surface area contributed by atoms with Gasteiger partial charge in [0.1, 0.15) is 24.1 Å². The molecular formula is C15H15FN4O. The zero-order valence-electron chi connectivity index (χ0n) is 11.6. The minimum Gasteiger partial charge on any atom is -0.381 e. The zero-order chi connectivity index (χ0) is 15.0. The van der Waals surface area contributed by atoms with Gasteiger partial charge in [-0.3, -0.25) is 0 Å². The highest BCUT2D eigenvalue weighted by atomic mass is 19.1. The van der Waals surface area contributed by atoms with E-state index in [1.165, 1.54) is 24.8 Å². The molecule has 0 aliphatic carbocycles. The fourth-order valence-electron chi connectivity index (χ4n) is 2.90. The van der Waals surface area contributed by atoms with Gasteiger partial charge in [-0.25, -0.2) is 14.1 Å². The van der Waals surface area contributed by atoms with Crippen LogP contribution in [0.2, 0.25) is 0 Å². The second-order valence-electron chi connectivity index (χ2n) is 5.19. The number of aliphatic hydroxyl groups is 1. The molecule has 0 spiro atoms. The number of hydrogen-bond donors (Lipinski definition) is 1. The van der Waals surface area contributed by atoms with Crippen molar-refractivity contribution in [1.29, 1.82) is 0 Å². The summed E-state index contributed by atoms with van der Waals surface area (Å²) in [6, 6.07) is 4.06. The van der Waals surface area contributed by atoms with Gasteiger partial charge in [0.05, 0.1) is 19.1 Å². The fraction of sp³-hybridized carbons (Fsp3) is 0.333. The maximum atomic E-state index is 13.5. The Morgan fingerprint density at radius 3 is 3.00 bits per heavy atom. The molecule has 108 valence electrons. The third-order valence-corrected chi connectivity index (χ3v) is 4.03. The molecule has 1 aliphatic heterocycles. The summed E-state index contributed by atoms with van der Waals surface area (Å²) in [5.74, 6) is 2.20. The van der Waals surface area contributed by atoms with Crippen molar-refractivity contribution in [3.63, 3.8) is 0 Å². The lowest BCUT2D eigenvalue weighted by Gasteiger charge is -2.32. The Hall–Kier alpha value is -2.39. The van der Waals surface area contributed by atoms with E-state index in [4.69, 9.17) is 6.42 Å². The SMILES string of the molecule is C#CCN1c2cc(F)ccc2[C@@](O)(Cn2cncn2)[C@H]1C. The second-order valence-corrected chi connectivity index (χ2v) is 5.19. The normalized spacial score (nSPS) is 23.9. The molecule has 2 aromatic rings. The summed E-state index contributed by atoms with van der Waals surface area (Å²) in [6.45, 7) is 2.40. The molecule has 0 unspecified atom stereocenters. The molecule has 0 bridgehead atoms. The molecule has 0 saturated heterocycles. The van der Waals surface area contributed by atoms with Gasteiger partial charge in [0.2, 0.25) is 0 Å². The van der Waals surface area contributed by atoms with Gasteiger partial charge in [-0.05, 0) is 19.1 Å². The van der Waals surface area contributed by atoms with Crippen LogP contribution < -0.4 is 4.90 Å². The predicted molar refractivity (Wildman–Crippen MR) is 76.0 cm³/mol. The first-order valence-electron chi connectivity index (χ1n) is 6.61. The number of rotatable bonds is 3. The lowest BCUT2D eigenvalue weighted by Crippen LogP contribution is -2.45. The van der Waals surface area contributed by atoms with Gasteiger partial charge in [-0.15, -0.1) is 6.42 Å². The second kappa shape index (κ2) is 4.86. The average molecular weight is 286 g/mol. The van der Waals surface area contributed by atoms with Crippen LogP contribution in [-0.2, 0) is 12.1 Å². The van der Waals surface area contributed by atoms with E-state index in [1.54, 1.807) is 10.7 Å². The molecule has 1 N–H and O–H groups in total. The predicted octanol–water partition coefficient (Wildman–Crippen LogP) is 1.15. The van der Waals surface area contributed by atoms with E-state index in [1.807, 2.05) is 11.8 Å². The molecule has 1 aliphatic rings. The Bertz CT molecular complexity index is 694. The van der Waals surface area contributed by atoms with Crippen LogP contribution in [0, 0.1) is 18.2 Å². The molecule has 0 fully saturated rings. The van der Waals surface area contributed by atoms with Crippen LogP contribution in [0.1, 0.15) is 12.5 Å². The van der Waals surface area contributed by atoms with Crippen LogP contribution in [0.25, 0.3) is 0 Å². The van der Waals surface area contributed by atoms with Crippen LogP contribution in [0.5, 0.6) is 0 Å². The number of terminal acetylenes is 1. The number of benzene rings is 1. The molecule has 0 radical (unpaired) electrons. The molecule has 0 amide bonds. The largest absolute Gasteiger partial charge is 0.381 e. The van der Waals surface area contributed by atoms with E-state index < -0.39 is 5.60 Å². The summed E-state index contributed by atoms with van der Waals surface area (Å²) < 4.78 is 15.1. The molecule has 0 saturated carbocycles. The van der Waals surface area contributed by atoms with E-state index in [0.29, 0.717) is 17.8 Å². The quantitative estimate of drug-likeness (QED) is 0.860. The Morgan fingerprint density at radius 2 is 2.33 bits per heavy atom. The molecule has 1 aromatic heterocycles. The van der Waals surface area contributed by atoms with Crippen LogP contribution in [0.3, 0.4) is 0 Å². The van der Waals surface area contributed by atoms with E-state index in [-0.39, 0.29) is 18.4 Å². The highest BCUT2D eigenvalue weighted by Gasteiger charge is 2.48.